The average Bonchev–Trinajstić information content (AvgIpc) is 2.86. The molecule has 2 rings (SSSR count). The lowest BCUT2D eigenvalue weighted by atomic mass is 10.2. The second-order valence-corrected chi connectivity index (χ2v) is 7.24. The molecule has 1 aromatic rings. The third-order valence-corrected chi connectivity index (χ3v) is 5.38. The van der Waals surface area contributed by atoms with Crippen molar-refractivity contribution in [1.29, 1.82) is 0 Å². The maximum atomic E-state index is 12.3. The Morgan fingerprint density at radius 2 is 2.00 bits per heavy atom. The molecular formula is C13H20ClN3O2S. The minimum atomic E-state index is -3.57. The number of anilines is 1. The lowest BCUT2D eigenvalue weighted by Gasteiger charge is -2.16. The summed E-state index contributed by atoms with van der Waals surface area (Å²) >= 11 is 5.89. The zero-order chi connectivity index (χ0) is 14.8. The first-order valence-corrected chi connectivity index (χ1v) is 8.54. The highest BCUT2D eigenvalue weighted by Gasteiger charge is 2.19. The summed E-state index contributed by atoms with van der Waals surface area (Å²) < 4.78 is 27.2. The van der Waals surface area contributed by atoms with Crippen LogP contribution >= 0.6 is 11.6 Å². The maximum Gasteiger partial charge on any atom is 0.241 e. The molecule has 0 radical (unpaired) electrons. The minimum Gasteiger partial charge on any atom is -0.398 e. The topological polar surface area (TPSA) is 75.4 Å². The van der Waals surface area contributed by atoms with Crippen LogP contribution in [-0.2, 0) is 10.0 Å². The number of sulfonamides is 1. The highest BCUT2D eigenvalue weighted by atomic mass is 35.5. The molecule has 0 aromatic heterocycles. The first kappa shape index (κ1) is 15.6. The molecule has 5 nitrogen and oxygen atoms in total. The second kappa shape index (κ2) is 6.30. The first-order chi connectivity index (χ1) is 9.40. The van der Waals surface area contributed by atoms with Gasteiger partial charge in [-0.15, -0.1) is 0 Å². The Labute approximate surface area is 125 Å². The van der Waals surface area contributed by atoms with Gasteiger partial charge in [0.25, 0.3) is 0 Å². The minimum absolute atomic E-state index is 0.156. The summed E-state index contributed by atoms with van der Waals surface area (Å²) in [5.41, 5.74) is 6.68. The van der Waals surface area contributed by atoms with Gasteiger partial charge in [0.2, 0.25) is 10.0 Å². The highest BCUT2D eigenvalue weighted by molar-refractivity contribution is 7.89. The van der Waals surface area contributed by atoms with Crippen LogP contribution in [0.4, 0.5) is 5.69 Å². The van der Waals surface area contributed by atoms with E-state index in [1.807, 2.05) is 0 Å². The molecule has 0 bridgehead atoms. The van der Waals surface area contributed by atoms with Gasteiger partial charge >= 0.3 is 0 Å². The van der Waals surface area contributed by atoms with E-state index in [1.54, 1.807) is 13.0 Å². The number of nitrogen functional groups attached to an aromatic ring is 1. The molecule has 0 unspecified atom stereocenters. The Hall–Kier alpha value is -0.820. The molecule has 0 spiro atoms. The van der Waals surface area contributed by atoms with Gasteiger partial charge in [0.05, 0.1) is 4.90 Å². The van der Waals surface area contributed by atoms with Crippen LogP contribution in [-0.4, -0.2) is 39.5 Å². The van der Waals surface area contributed by atoms with E-state index in [4.69, 9.17) is 17.3 Å². The molecule has 0 atom stereocenters. The fraction of sp³-hybridized carbons (Fsp3) is 0.538. The molecule has 1 heterocycles. The maximum absolute atomic E-state index is 12.3. The molecule has 7 heteroatoms. The number of likely N-dealkylation sites (tertiary alicyclic amines) is 1. The van der Waals surface area contributed by atoms with Gasteiger partial charge in [-0.05, 0) is 50.6 Å². The Kier molecular flexibility index (Phi) is 4.90. The van der Waals surface area contributed by atoms with Crippen LogP contribution in [0.1, 0.15) is 18.4 Å². The van der Waals surface area contributed by atoms with E-state index in [1.165, 1.54) is 18.9 Å². The number of halogens is 1. The predicted octanol–water partition coefficient (Wildman–Crippen LogP) is 1.60. The van der Waals surface area contributed by atoms with Crippen LogP contribution in [0.15, 0.2) is 17.0 Å². The third-order valence-electron chi connectivity index (χ3n) is 3.57. The number of nitrogens with two attached hydrogens (primary N) is 1. The monoisotopic (exact) mass is 317 g/mol. The fourth-order valence-electron chi connectivity index (χ4n) is 2.38. The van der Waals surface area contributed by atoms with Gasteiger partial charge in [0.1, 0.15) is 0 Å². The predicted molar refractivity (Wildman–Crippen MR) is 81.5 cm³/mol. The van der Waals surface area contributed by atoms with Crippen molar-refractivity contribution in [2.45, 2.75) is 24.7 Å². The number of hydrogen-bond donors (Lipinski definition) is 2. The highest BCUT2D eigenvalue weighted by Crippen LogP contribution is 2.25. The number of nitrogens with zero attached hydrogens (tertiary/aromatic N) is 1. The van der Waals surface area contributed by atoms with Crippen LogP contribution in [0.5, 0.6) is 0 Å². The number of rotatable bonds is 5. The molecule has 0 saturated carbocycles. The third kappa shape index (κ3) is 3.63. The molecule has 0 aliphatic carbocycles. The van der Waals surface area contributed by atoms with E-state index >= 15 is 0 Å². The van der Waals surface area contributed by atoms with Gasteiger partial charge in [-0.3, -0.25) is 0 Å². The Balaban J connectivity index is 2.06. The summed E-state index contributed by atoms with van der Waals surface area (Å²) in [5.74, 6) is 0. The lowest BCUT2D eigenvalue weighted by molar-refractivity contribution is 0.344. The molecule has 1 saturated heterocycles. The molecule has 1 aliphatic rings. The van der Waals surface area contributed by atoms with E-state index in [9.17, 15) is 8.42 Å². The smallest absolute Gasteiger partial charge is 0.241 e. The van der Waals surface area contributed by atoms with E-state index in [0.717, 1.165) is 19.6 Å². The van der Waals surface area contributed by atoms with Gasteiger partial charge in [0, 0.05) is 23.8 Å². The fourth-order valence-corrected chi connectivity index (χ4v) is 3.99. The summed E-state index contributed by atoms with van der Waals surface area (Å²) in [6.45, 7) is 4.90. The van der Waals surface area contributed by atoms with Crippen molar-refractivity contribution < 1.29 is 8.42 Å². The summed E-state index contributed by atoms with van der Waals surface area (Å²) in [7, 11) is -3.57. The van der Waals surface area contributed by atoms with Crippen molar-refractivity contribution in [1.82, 2.24) is 9.62 Å². The number of hydrogen-bond acceptors (Lipinski definition) is 4. The molecular weight excluding hydrogens is 298 g/mol. The van der Waals surface area contributed by atoms with E-state index in [0.29, 0.717) is 22.8 Å². The standard InChI is InChI=1S/C13H20ClN3O2S/c1-10-12(15)8-11(14)9-13(10)20(18,19)16-4-7-17-5-2-3-6-17/h8-9,16H,2-7,15H2,1H3. The summed E-state index contributed by atoms with van der Waals surface area (Å²) in [5, 5.41) is 0.327. The molecule has 20 heavy (non-hydrogen) atoms. The van der Waals surface area contributed by atoms with Crippen molar-refractivity contribution in [3.8, 4) is 0 Å². The SMILES string of the molecule is Cc1c(N)cc(Cl)cc1S(=O)(=O)NCCN1CCCC1. The summed E-state index contributed by atoms with van der Waals surface area (Å²) in [6, 6.07) is 2.99. The number of nitrogens with one attached hydrogen (secondary N) is 1. The first-order valence-electron chi connectivity index (χ1n) is 6.68. The zero-order valence-electron chi connectivity index (χ0n) is 11.5. The molecule has 1 aromatic carbocycles. The van der Waals surface area contributed by atoms with Crippen LogP contribution in [0.3, 0.4) is 0 Å². The average molecular weight is 318 g/mol. The van der Waals surface area contributed by atoms with Crippen LogP contribution < -0.4 is 10.5 Å². The van der Waals surface area contributed by atoms with Gasteiger partial charge < -0.3 is 10.6 Å². The van der Waals surface area contributed by atoms with Gasteiger partial charge in [-0.1, -0.05) is 11.6 Å². The Bertz CT molecular complexity index is 584. The van der Waals surface area contributed by atoms with Gasteiger partial charge in [-0.25, -0.2) is 13.1 Å². The zero-order valence-corrected chi connectivity index (χ0v) is 13.1. The largest absolute Gasteiger partial charge is 0.398 e. The molecule has 1 aliphatic heterocycles. The van der Waals surface area contributed by atoms with E-state index < -0.39 is 10.0 Å². The summed E-state index contributed by atoms with van der Waals surface area (Å²) in [4.78, 5) is 2.41. The normalized spacial score (nSPS) is 16.7. The Morgan fingerprint density at radius 3 is 2.65 bits per heavy atom. The van der Waals surface area contributed by atoms with E-state index in [2.05, 4.69) is 9.62 Å². The molecule has 3 N–H and O–H groups in total. The van der Waals surface area contributed by atoms with E-state index in [-0.39, 0.29) is 4.90 Å². The molecule has 0 amide bonds. The van der Waals surface area contributed by atoms with Crippen LogP contribution in [0.2, 0.25) is 5.02 Å². The van der Waals surface area contributed by atoms with Gasteiger partial charge in [0.15, 0.2) is 0 Å². The quantitative estimate of drug-likeness (QED) is 0.809. The van der Waals surface area contributed by atoms with Crippen molar-refractivity contribution in [2.75, 3.05) is 31.9 Å². The lowest BCUT2D eigenvalue weighted by Crippen LogP contribution is -2.33. The van der Waals surface area contributed by atoms with Crippen LogP contribution in [0, 0.1) is 6.92 Å². The Morgan fingerprint density at radius 1 is 1.35 bits per heavy atom. The number of benzene rings is 1. The van der Waals surface area contributed by atoms with Crippen molar-refractivity contribution >= 4 is 27.3 Å². The van der Waals surface area contributed by atoms with Gasteiger partial charge in [-0.2, -0.15) is 0 Å². The van der Waals surface area contributed by atoms with Crippen LogP contribution in [0.25, 0.3) is 0 Å². The molecule has 1 fully saturated rings. The van der Waals surface area contributed by atoms with Crippen molar-refractivity contribution in [3.63, 3.8) is 0 Å². The molecule has 112 valence electrons. The van der Waals surface area contributed by atoms with Crippen molar-refractivity contribution in [3.05, 3.63) is 22.7 Å². The summed E-state index contributed by atoms with van der Waals surface area (Å²) in [6.07, 6.45) is 2.38. The van der Waals surface area contributed by atoms with Crippen molar-refractivity contribution in [2.24, 2.45) is 0 Å². The second-order valence-electron chi connectivity index (χ2n) is 5.06.